The molecule has 1 heterocycles. The van der Waals surface area contributed by atoms with Crippen LogP contribution in [0.15, 0.2) is 18.3 Å². The molecule has 15 heavy (non-hydrogen) atoms. The molecule has 0 saturated heterocycles. The number of hydrogen-bond donors (Lipinski definition) is 1. The van der Waals surface area contributed by atoms with Gasteiger partial charge in [-0.2, -0.15) is 0 Å². The van der Waals surface area contributed by atoms with Crippen LogP contribution in [0.3, 0.4) is 0 Å². The second kappa shape index (κ2) is 4.95. The van der Waals surface area contributed by atoms with Crippen molar-refractivity contribution >= 4 is 11.6 Å². The van der Waals surface area contributed by atoms with Crippen molar-refractivity contribution in [1.82, 2.24) is 10.3 Å². The Morgan fingerprint density at radius 3 is 2.87 bits per heavy atom. The highest BCUT2D eigenvalue weighted by Crippen LogP contribution is 2.26. The molecule has 1 N–H and O–H groups in total. The van der Waals surface area contributed by atoms with E-state index in [2.05, 4.69) is 17.2 Å². The monoisotopic (exact) mass is 224 g/mol. The van der Waals surface area contributed by atoms with Crippen molar-refractivity contribution < 1.29 is 0 Å². The highest BCUT2D eigenvalue weighted by molar-refractivity contribution is 6.29. The zero-order valence-corrected chi connectivity index (χ0v) is 9.80. The lowest BCUT2D eigenvalue weighted by Crippen LogP contribution is -2.29. The third-order valence-corrected chi connectivity index (χ3v) is 3.41. The Morgan fingerprint density at radius 2 is 2.33 bits per heavy atom. The zero-order valence-electron chi connectivity index (χ0n) is 9.04. The van der Waals surface area contributed by atoms with E-state index in [-0.39, 0.29) is 0 Å². The Kier molecular flexibility index (Phi) is 3.60. The zero-order chi connectivity index (χ0) is 10.7. The number of pyridine rings is 1. The molecule has 82 valence electrons. The van der Waals surface area contributed by atoms with Gasteiger partial charge in [-0.05, 0) is 43.9 Å². The van der Waals surface area contributed by atoms with E-state index >= 15 is 0 Å². The summed E-state index contributed by atoms with van der Waals surface area (Å²) in [6, 6.07) is 4.25. The Balaban J connectivity index is 1.83. The molecule has 0 bridgehead atoms. The molecular formula is C12H17ClN2. The van der Waals surface area contributed by atoms with E-state index in [1.165, 1.54) is 24.8 Å². The van der Waals surface area contributed by atoms with Gasteiger partial charge in [0.1, 0.15) is 5.15 Å². The fourth-order valence-electron chi connectivity index (χ4n) is 1.80. The summed E-state index contributed by atoms with van der Waals surface area (Å²) in [5.74, 6) is 0.896. The number of nitrogens with one attached hydrogen (secondary N) is 1. The van der Waals surface area contributed by atoms with Gasteiger partial charge in [0.05, 0.1) is 0 Å². The average Bonchev–Trinajstić information content (AvgIpc) is 2.16. The lowest BCUT2D eigenvalue weighted by molar-refractivity contribution is 0.292. The van der Waals surface area contributed by atoms with Crippen LogP contribution >= 0.6 is 11.6 Å². The Labute approximate surface area is 96.1 Å². The van der Waals surface area contributed by atoms with Gasteiger partial charge < -0.3 is 5.32 Å². The maximum Gasteiger partial charge on any atom is 0.129 e. The standard InChI is InChI=1S/C12H17ClN2/c1-9(14-7-10-3-2-4-10)11-5-6-12(13)15-8-11/h5-6,8-10,14H,2-4,7H2,1H3. The second-order valence-corrected chi connectivity index (χ2v) is 4.73. The predicted octanol–water partition coefficient (Wildman–Crippen LogP) is 3.19. The molecule has 1 aromatic heterocycles. The molecule has 1 aliphatic carbocycles. The molecule has 3 heteroatoms. The lowest BCUT2D eigenvalue weighted by Gasteiger charge is -2.27. The van der Waals surface area contributed by atoms with Gasteiger partial charge in [0.2, 0.25) is 0 Å². The molecule has 1 aliphatic rings. The fraction of sp³-hybridized carbons (Fsp3) is 0.583. The molecule has 1 unspecified atom stereocenters. The second-order valence-electron chi connectivity index (χ2n) is 4.34. The third-order valence-electron chi connectivity index (χ3n) is 3.19. The van der Waals surface area contributed by atoms with E-state index in [1.807, 2.05) is 18.3 Å². The van der Waals surface area contributed by atoms with Crippen molar-refractivity contribution in [1.29, 1.82) is 0 Å². The quantitative estimate of drug-likeness (QED) is 0.795. The molecule has 0 radical (unpaired) electrons. The van der Waals surface area contributed by atoms with Crippen molar-refractivity contribution in [2.75, 3.05) is 6.54 Å². The first-order chi connectivity index (χ1) is 7.25. The van der Waals surface area contributed by atoms with Gasteiger partial charge >= 0.3 is 0 Å². The van der Waals surface area contributed by atoms with Crippen LogP contribution in [0.25, 0.3) is 0 Å². The maximum atomic E-state index is 5.74. The minimum Gasteiger partial charge on any atom is -0.310 e. The number of aromatic nitrogens is 1. The van der Waals surface area contributed by atoms with Gasteiger partial charge in [-0.1, -0.05) is 24.1 Å². The maximum absolute atomic E-state index is 5.74. The van der Waals surface area contributed by atoms with E-state index < -0.39 is 0 Å². The van der Waals surface area contributed by atoms with Crippen LogP contribution in [-0.4, -0.2) is 11.5 Å². The van der Waals surface area contributed by atoms with Crippen LogP contribution in [0.1, 0.15) is 37.8 Å². The molecule has 0 aromatic carbocycles. The lowest BCUT2D eigenvalue weighted by atomic mass is 9.85. The first-order valence-corrected chi connectivity index (χ1v) is 5.98. The predicted molar refractivity (Wildman–Crippen MR) is 63.0 cm³/mol. The molecule has 1 atom stereocenters. The topological polar surface area (TPSA) is 24.9 Å². The van der Waals surface area contributed by atoms with E-state index in [1.54, 1.807) is 0 Å². The summed E-state index contributed by atoms with van der Waals surface area (Å²) in [7, 11) is 0. The Morgan fingerprint density at radius 1 is 1.53 bits per heavy atom. The van der Waals surface area contributed by atoms with Gasteiger partial charge in [-0.3, -0.25) is 0 Å². The molecule has 1 saturated carbocycles. The van der Waals surface area contributed by atoms with Crippen molar-refractivity contribution in [3.05, 3.63) is 29.0 Å². The summed E-state index contributed by atoms with van der Waals surface area (Å²) in [5.41, 5.74) is 1.21. The molecule has 0 aliphatic heterocycles. The average molecular weight is 225 g/mol. The van der Waals surface area contributed by atoms with Gasteiger partial charge in [0, 0.05) is 12.2 Å². The molecule has 2 rings (SSSR count). The number of halogens is 1. The van der Waals surface area contributed by atoms with Crippen LogP contribution in [0.2, 0.25) is 5.15 Å². The fourth-order valence-corrected chi connectivity index (χ4v) is 1.91. The van der Waals surface area contributed by atoms with E-state index in [9.17, 15) is 0 Å². The smallest absolute Gasteiger partial charge is 0.129 e. The van der Waals surface area contributed by atoms with Crippen LogP contribution in [0, 0.1) is 5.92 Å². The summed E-state index contributed by atoms with van der Waals surface area (Å²) in [5, 5.41) is 4.10. The molecule has 1 fully saturated rings. The molecule has 0 spiro atoms. The van der Waals surface area contributed by atoms with E-state index in [0.717, 1.165) is 12.5 Å². The summed E-state index contributed by atoms with van der Waals surface area (Å²) in [6.07, 6.45) is 6.03. The normalized spacial score (nSPS) is 18.5. The summed E-state index contributed by atoms with van der Waals surface area (Å²) < 4.78 is 0. The van der Waals surface area contributed by atoms with Crippen LogP contribution in [0.4, 0.5) is 0 Å². The summed E-state index contributed by atoms with van der Waals surface area (Å²) in [6.45, 7) is 3.30. The molecular weight excluding hydrogens is 208 g/mol. The summed E-state index contributed by atoms with van der Waals surface area (Å²) in [4.78, 5) is 4.09. The van der Waals surface area contributed by atoms with Gasteiger partial charge in [0.25, 0.3) is 0 Å². The minimum atomic E-state index is 0.371. The number of nitrogens with zero attached hydrogens (tertiary/aromatic N) is 1. The van der Waals surface area contributed by atoms with Gasteiger partial charge in [-0.15, -0.1) is 0 Å². The highest BCUT2D eigenvalue weighted by Gasteiger charge is 2.17. The van der Waals surface area contributed by atoms with Crippen molar-refractivity contribution in [3.63, 3.8) is 0 Å². The molecule has 1 aromatic rings. The largest absolute Gasteiger partial charge is 0.310 e. The van der Waals surface area contributed by atoms with Crippen LogP contribution in [-0.2, 0) is 0 Å². The van der Waals surface area contributed by atoms with E-state index in [0.29, 0.717) is 11.2 Å². The number of rotatable bonds is 4. The SMILES string of the molecule is CC(NCC1CCC1)c1ccc(Cl)nc1. The number of hydrogen-bond acceptors (Lipinski definition) is 2. The van der Waals surface area contributed by atoms with E-state index in [4.69, 9.17) is 11.6 Å². The summed E-state index contributed by atoms with van der Waals surface area (Å²) >= 11 is 5.74. The van der Waals surface area contributed by atoms with Crippen molar-refractivity contribution in [2.24, 2.45) is 5.92 Å². The first-order valence-electron chi connectivity index (χ1n) is 5.60. The minimum absolute atomic E-state index is 0.371. The molecule has 2 nitrogen and oxygen atoms in total. The Bertz CT molecular complexity index is 306. The van der Waals surface area contributed by atoms with Crippen molar-refractivity contribution in [2.45, 2.75) is 32.2 Å². The Hall–Kier alpha value is -0.600. The van der Waals surface area contributed by atoms with Gasteiger partial charge in [0.15, 0.2) is 0 Å². The first kappa shape index (κ1) is 10.9. The van der Waals surface area contributed by atoms with Crippen molar-refractivity contribution in [3.8, 4) is 0 Å². The third kappa shape index (κ3) is 2.93. The van der Waals surface area contributed by atoms with Crippen LogP contribution in [0.5, 0.6) is 0 Å². The molecule has 0 amide bonds. The van der Waals surface area contributed by atoms with Crippen LogP contribution < -0.4 is 5.32 Å². The van der Waals surface area contributed by atoms with Gasteiger partial charge in [-0.25, -0.2) is 4.98 Å². The highest BCUT2D eigenvalue weighted by atomic mass is 35.5.